The summed E-state index contributed by atoms with van der Waals surface area (Å²) in [4.78, 5) is 10.8. The molecule has 1 aliphatic rings. The van der Waals surface area contributed by atoms with Crippen LogP contribution in [0.4, 0.5) is 0 Å². The highest BCUT2D eigenvalue weighted by atomic mass is 16.5. The van der Waals surface area contributed by atoms with Crippen LogP contribution in [-0.4, -0.2) is 24.3 Å². The van der Waals surface area contributed by atoms with Crippen LogP contribution in [0.15, 0.2) is 22.6 Å². The van der Waals surface area contributed by atoms with Crippen molar-refractivity contribution in [3.63, 3.8) is 0 Å². The summed E-state index contributed by atoms with van der Waals surface area (Å²) < 4.78 is 16.2. The van der Waals surface area contributed by atoms with Gasteiger partial charge < -0.3 is 19.0 Å². The molecule has 0 saturated carbocycles. The van der Waals surface area contributed by atoms with Crippen LogP contribution in [0.25, 0.3) is 11.0 Å². The second kappa shape index (κ2) is 3.69. The zero-order valence-corrected chi connectivity index (χ0v) is 8.93. The quantitative estimate of drug-likeness (QED) is 0.819. The number of carbonyl (C=O) groups is 1. The molecule has 0 bridgehead atoms. The minimum absolute atomic E-state index is 0.0832. The lowest BCUT2D eigenvalue weighted by Gasteiger charge is -2.05. The first-order valence-electron chi connectivity index (χ1n) is 5.30. The molecule has 0 spiro atoms. The minimum atomic E-state index is -1.08. The Labute approximate surface area is 96.5 Å². The number of rotatable bonds is 1. The van der Waals surface area contributed by atoms with Crippen LogP contribution in [-0.2, 0) is 0 Å². The molecule has 0 fully saturated rings. The Morgan fingerprint density at radius 2 is 1.82 bits per heavy atom. The number of hydrogen-bond acceptors (Lipinski definition) is 4. The average Bonchev–Trinajstić information content (AvgIpc) is 2.58. The maximum Gasteiger partial charge on any atom is 0.371 e. The molecule has 0 radical (unpaired) electrons. The standard InChI is InChI=1S/C12H10O5/c13-12(14)11-5-7-4-9-10(6-8(7)17-11)16-3-1-2-15-9/h4-6H,1-3H2,(H,13,14). The second-order valence-corrected chi connectivity index (χ2v) is 3.80. The molecule has 5 nitrogen and oxygen atoms in total. The van der Waals surface area contributed by atoms with Gasteiger partial charge in [0.15, 0.2) is 11.5 Å². The van der Waals surface area contributed by atoms with Crippen molar-refractivity contribution in [2.24, 2.45) is 0 Å². The van der Waals surface area contributed by atoms with E-state index in [-0.39, 0.29) is 5.76 Å². The van der Waals surface area contributed by atoms with E-state index in [0.717, 1.165) is 6.42 Å². The van der Waals surface area contributed by atoms with Gasteiger partial charge in [-0.05, 0) is 12.1 Å². The van der Waals surface area contributed by atoms with E-state index in [0.29, 0.717) is 35.7 Å². The molecule has 0 saturated heterocycles. The Morgan fingerprint density at radius 1 is 1.12 bits per heavy atom. The second-order valence-electron chi connectivity index (χ2n) is 3.80. The van der Waals surface area contributed by atoms with E-state index in [9.17, 15) is 4.79 Å². The maximum absolute atomic E-state index is 10.8. The maximum atomic E-state index is 10.8. The lowest BCUT2D eigenvalue weighted by molar-refractivity contribution is 0.0665. The highest BCUT2D eigenvalue weighted by Crippen LogP contribution is 2.35. The highest BCUT2D eigenvalue weighted by Gasteiger charge is 2.16. The van der Waals surface area contributed by atoms with Crippen LogP contribution in [0.2, 0.25) is 0 Å². The molecule has 88 valence electrons. The molecule has 2 heterocycles. The first kappa shape index (κ1) is 10.0. The molecular formula is C12H10O5. The van der Waals surface area contributed by atoms with Gasteiger partial charge in [-0.3, -0.25) is 0 Å². The minimum Gasteiger partial charge on any atom is -0.490 e. The number of hydrogen-bond donors (Lipinski definition) is 1. The fourth-order valence-corrected chi connectivity index (χ4v) is 1.80. The monoisotopic (exact) mass is 234 g/mol. The molecule has 0 amide bonds. The SMILES string of the molecule is O=C(O)c1cc2cc3c(cc2o1)OCCCO3. The number of ether oxygens (including phenoxy) is 2. The summed E-state index contributed by atoms with van der Waals surface area (Å²) in [6.07, 6.45) is 0.830. The predicted octanol–water partition coefficient (Wildman–Crippen LogP) is 2.29. The van der Waals surface area contributed by atoms with Gasteiger partial charge >= 0.3 is 5.97 Å². The Balaban J connectivity index is 2.15. The average molecular weight is 234 g/mol. The molecule has 0 unspecified atom stereocenters. The van der Waals surface area contributed by atoms with Gasteiger partial charge in [-0.25, -0.2) is 4.79 Å². The van der Waals surface area contributed by atoms with Crippen molar-refractivity contribution in [1.82, 2.24) is 0 Å². The van der Waals surface area contributed by atoms with Gasteiger partial charge in [0.1, 0.15) is 5.58 Å². The predicted molar refractivity (Wildman–Crippen MR) is 58.8 cm³/mol. The van der Waals surface area contributed by atoms with Crippen LogP contribution in [0, 0.1) is 0 Å². The molecule has 1 aromatic heterocycles. The van der Waals surface area contributed by atoms with E-state index in [4.69, 9.17) is 19.0 Å². The van der Waals surface area contributed by atoms with Crippen LogP contribution >= 0.6 is 0 Å². The number of furan rings is 1. The zero-order valence-electron chi connectivity index (χ0n) is 8.93. The molecule has 0 aliphatic carbocycles. The molecule has 2 aromatic rings. The molecular weight excluding hydrogens is 224 g/mol. The summed E-state index contributed by atoms with van der Waals surface area (Å²) in [6.45, 7) is 1.19. The summed E-state index contributed by atoms with van der Waals surface area (Å²) in [7, 11) is 0. The number of carboxylic acids is 1. The number of aromatic carboxylic acids is 1. The molecule has 5 heteroatoms. The van der Waals surface area contributed by atoms with E-state index in [1.165, 1.54) is 6.07 Å². The van der Waals surface area contributed by atoms with Crippen molar-refractivity contribution in [2.75, 3.05) is 13.2 Å². The van der Waals surface area contributed by atoms with Gasteiger partial charge in [0.2, 0.25) is 5.76 Å². The molecule has 3 rings (SSSR count). The Morgan fingerprint density at radius 3 is 2.53 bits per heavy atom. The smallest absolute Gasteiger partial charge is 0.371 e. The van der Waals surface area contributed by atoms with Crippen molar-refractivity contribution in [3.05, 3.63) is 24.0 Å². The third-order valence-corrected chi connectivity index (χ3v) is 2.60. The van der Waals surface area contributed by atoms with Crippen molar-refractivity contribution < 1.29 is 23.8 Å². The van der Waals surface area contributed by atoms with Crippen LogP contribution in [0.3, 0.4) is 0 Å². The van der Waals surface area contributed by atoms with Gasteiger partial charge in [-0.15, -0.1) is 0 Å². The summed E-state index contributed by atoms with van der Waals surface area (Å²) in [5, 5.41) is 9.54. The van der Waals surface area contributed by atoms with E-state index in [2.05, 4.69) is 0 Å². The number of fused-ring (bicyclic) bond motifs is 2. The molecule has 1 aliphatic heterocycles. The third-order valence-electron chi connectivity index (χ3n) is 2.60. The first-order chi connectivity index (χ1) is 8.24. The molecule has 1 N–H and O–H groups in total. The number of carboxylic acid groups (broad SMARTS) is 1. The summed E-state index contributed by atoms with van der Waals surface area (Å²) in [5.41, 5.74) is 0.492. The lowest BCUT2D eigenvalue weighted by Crippen LogP contribution is -1.97. The van der Waals surface area contributed by atoms with Crippen molar-refractivity contribution in [3.8, 4) is 11.5 Å². The van der Waals surface area contributed by atoms with E-state index in [1.807, 2.05) is 0 Å². The van der Waals surface area contributed by atoms with E-state index < -0.39 is 5.97 Å². The summed E-state index contributed by atoms with van der Waals surface area (Å²) in [5.74, 6) is 0.0624. The largest absolute Gasteiger partial charge is 0.490 e. The Kier molecular flexibility index (Phi) is 2.18. The van der Waals surface area contributed by atoms with Crippen LogP contribution in [0.1, 0.15) is 17.0 Å². The van der Waals surface area contributed by atoms with Gasteiger partial charge in [0.05, 0.1) is 13.2 Å². The van der Waals surface area contributed by atoms with Gasteiger partial charge in [0, 0.05) is 17.9 Å². The fraction of sp³-hybridized carbons (Fsp3) is 0.250. The first-order valence-corrected chi connectivity index (χ1v) is 5.30. The Bertz CT molecular complexity index is 541. The zero-order chi connectivity index (χ0) is 11.8. The van der Waals surface area contributed by atoms with Gasteiger partial charge in [0.25, 0.3) is 0 Å². The molecule has 17 heavy (non-hydrogen) atoms. The van der Waals surface area contributed by atoms with E-state index >= 15 is 0 Å². The van der Waals surface area contributed by atoms with Gasteiger partial charge in [-0.2, -0.15) is 0 Å². The van der Waals surface area contributed by atoms with Crippen molar-refractivity contribution in [1.29, 1.82) is 0 Å². The fourth-order valence-electron chi connectivity index (χ4n) is 1.80. The topological polar surface area (TPSA) is 68.9 Å². The molecule has 1 aromatic carbocycles. The summed E-state index contributed by atoms with van der Waals surface area (Å²) in [6, 6.07) is 4.89. The normalized spacial score (nSPS) is 14.6. The van der Waals surface area contributed by atoms with Crippen molar-refractivity contribution in [2.45, 2.75) is 6.42 Å². The lowest BCUT2D eigenvalue weighted by atomic mass is 10.2. The van der Waals surface area contributed by atoms with Crippen LogP contribution < -0.4 is 9.47 Å². The van der Waals surface area contributed by atoms with Gasteiger partial charge in [-0.1, -0.05) is 0 Å². The van der Waals surface area contributed by atoms with Crippen LogP contribution in [0.5, 0.6) is 11.5 Å². The van der Waals surface area contributed by atoms with Crippen molar-refractivity contribution >= 4 is 16.9 Å². The molecule has 0 atom stereocenters. The highest BCUT2D eigenvalue weighted by molar-refractivity contribution is 5.92. The third kappa shape index (κ3) is 1.69. The summed E-state index contributed by atoms with van der Waals surface area (Å²) >= 11 is 0. The number of benzene rings is 1. The van der Waals surface area contributed by atoms with E-state index in [1.54, 1.807) is 12.1 Å². The Hall–Kier alpha value is -2.17.